The van der Waals surface area contributed by atoms with Gasteiger partial charge in [0.15, 0.2) is 0 Å². The first-order valence-corrected chi connectivity index (χ1v) is 17.8. The number of rotatable bonds is 19. The number of allylic oxidation sites excluding steroid dienone is 1. The third-order valence-electron chi connectivity index (χ3n) is 8.98. The van der Waals surface area contributed by atoms with E-state index < -0.39 is 0 Å². The second kappa shape index (κ2) is 18.3. The minimum absolute atomic E-state index is 0.0107. The number of carbonyl (C=O) groups excluding carboxylic acids is 1. The Bertz CT molecular complexity index is 1250. The van der Waals surface area contributed by atoms with Gasteiger partial charge < -0.3 is 9.64 Å². The summed E-state index contributed by atoms with van der Waals surface area (Å²) in [5, 5.41) is 0. The molecule has 3 rings (SSSR count). The molecule has 0 aliphatic carbocycles. The van der Waals surface area contributed by atoms with Crippen molar-refractivity contribution in [2.24, 2.45) is 10.4 Å². The molecule has 0 radical (unpaired) electrons. The van der Waals surface area contributed by atoms with Gasteiger partial charge in [-0.3, -0.25) is 9.79 Å². The molecule has 1 unspecified atom stereocenters. The summed E-state index contributed by atoms with van der Waals surface area (Å²) in [4.78, 5) is 19.4. The monoisotopic (exact) mass is 614 g/mol. The Morgan fingerprint density at radius 1 is 0.889 bits per heavy atom. The highest BCUT2D eigenvalue weighted by Gasteiger charge is 2.25. The molecular weight excluding hydrogens is 552 g/mol. The number of hydrogen-bond donors (Lipinski definition) is 0. The van der Waals surface area contributed by atoms with Crippen molar-refractivity contribution in [1.29, 1.82) is 0 Å². The van der Waals surface area contributed by atoms with E-state index in [-0.39, 0.29) is 16.7 Å². The van der Waals surface area contributed by atoms with Crippen molar-refractivity contribution in [3.63, 3.8) is 0 Å². The zero-order chi connectivity index (χ0) is 32.7. The molecule has 4 nitrogen and oxygen atoms in total. The highest BCUT2D eigenvalue weighted by Crippen LogP contribution is 2.34. The summed E-state index contributed by atoms with van der Waals surface area (Å²) in [6.45, 7) is 17.1. The van der Waals surface area contributed by atoms with E-state index in [0.717, 1.165) is 43.0 Å². The molecule has 2 aromatic carbocycles. The molecule has 0 aromatic heterocycles. The zero-order valence-corrected chi connectivity index (χ0v) is 29.7. The van der Waals surface area contributed by atoms with E-state index in [1.165, 1.54) is 87.3 Å². The second-order valence-electron chi connectivity index (χ2n) is 14.8. The van der Waals surface area contributed by atoms with Gasteiger partial charge in [0.05, 0.1) is 13.2 Å². The Labute approximate surface area is 275 Å². The Hall–Kier alpha value is -2.88. The summed E-state index contributed by atoms with van der Waals surface area (Å²) in [6, 6.07) is 14.9. The van der Waals surface area contributed by atoms with Crippen molar-refractivity contribution in [3.8, 4) is 5.75 Å². The number of nitrogens with zero attached hydrogens (tertiary/aromatic N) is 2. The van der Waals surface area contributed by atoms with E-state index in [4.69, 9.17) is 4.74 Å². The van der Waals surface area contributed by atoms with Crippen LogP contribution in [0.3, 0.4) is 0 Å². The molecule has 0 bridgehead atoms. The molecule has 248 valence electrons. The zero-order valence-electron chi connectivity index (χ0n) is 29.7. The molecule has 1 aliphatic rings. The van der Waals surface area contributed by atoms with Crippen LogP contribution in [0.2, 0.25) is 0 Å². The van der Waals surface area contributed by atoms with E-state index in [0.29, 0.717) is 6.54 Å². The van der Waals surface area contributed by atoms with Crippen molar-refractivity contribution in [2.45, 2.75) is 144 Å². The highest BCUT2D eigenvalue weighted by atomic mass is 16.5. The standard InChI is InChI=1S/C41H62N2O2/c1-8-9-10-11-12-13-14-15-16-17-18-19-25-45-39-24-23-36(27-38(39)40(4,5)6)31-43(34(3)44)37-22-20-21-35(26-37)29-41(7)28-33(2)30-42-32-41/h20-24,26-28,30H,8-19,25,29,31-32H2,1-7H3. The van der Waals surface area contributed by atoms with Crippen LogP contribution in [0.4, 0.5) is 5.69 Å². The lowest BCUT2D eigenvalue weighted by Gasteiger charge is -2.28. The van der Waals surface area contributed by atoms with Gasteiger partial charge in [-0.25, -0.2) is 0 Å². The van der Waals surface area contributed by atoms with E-state index in [9.17, 15) is 4.79 Å². The predicted octanol–water partition coefficient (Wildman–Crippen LogP) is 11.2. The molecular formula is C41H62N2O2. The largest absolute Gasteiger partial charge is 0.493 e. The average Bonchev–Trinajstić information content (AvgIpc) is 2.97. The predicted molar refractivity (Wildman–Crippen MR) is 194 cm³/mol. The van der Waals surface area contributed by atoms with Crippen molar-refractivity contribution in [2.75, 3.05) is 18.1 Å². The van der Waals surface area contributed by atoms with Crippen molar-refractivity contribution < 1.29 is 9.53 Å². The van der Waals surface area contributed by atoms with Crippen LogP contribution >= 0.6 is 0 Å². The maximum absolute atomic E-state index is 12.9. The third kappa shape index (κ3) is 12.8. The maximum Gasteiger partial charge on any atom is 0.224 e. The van der Waals surface area contributed by atoms with E-state index in [1.54, 1.807) is 6.92 Å². The molecule has 0 spiro atoms. The van der Waals surface area contributed by atoms with Crippen LogP contribution in [-0.2, 0) is 23.2 Å². The summed E-state index contributed by atoms with van der Waals surface area (Å²) in [5.41, 5.74) is 5.61. The fraction of sp³-hybridized carbons (Fsp3) is 0.610. The van der Waals surface area contributed by atoms with Gasteiger partial charge in [0.25, 0.3) is 0 Å². The van der Waals surface area contributed by atoms with Crippen molar-refractivity contribution in [1.82, 2.24) is 0 Å². The minimum atomic E-state index is -0.0631. The number of hydrogen-bond acceptors (Lipinski definition) is 3. The van der Waals surface area contributed by atoms with Crippen LogP contribution < -0.4 is 9.64 Å². The maximum atomic E-state index is 12.9. The summed E-state index contributed by atoms with van der Waals surface area (Å²) >= 11 is 0. The Morgan fingerprint density at radius 2 is 1.53 bits per heavy atom. The molecule has 1 amide bonds. The summed E-state index contributed by atoms with van der Waals surface area (Å²) in [7, 11) is 0. The van der Waals surface area contributed by atoms with E-state index >= 15 is 0 Å². The molecule has 2 aromatic rings. The lowest BCUT2D eigenvalue weighted by atomic mass is 9.81. The first-order valence-electron chi connectivity index (χ1n) is 17.8. The topological polar surface area (TPSA) is 41.9 Å². The van der Waals surface area contributed by atoms with Crippen molar-refractivity contribution in [3.05, 3.63) is 70.8 Å². The second-order valence-corrected chi connectivity index (χ2v) is 14.8. The lowest BCUT2D eigenvalue weighted by Crippen LogP contribution is -2.28. The van der Waals surface area contributed by atoms with Gasteiger partial charge in [-0.2, -0.15) is 0 Å². The van der Waals surface area contributed by atoms with Gasteiger partial charge in [0, 0.05) is 30.8 Å². The smallest absolute Gasteiger partial charge is 0.224 e. The van der Waals surface area contributed by atoms with Crippen LogP contribution in [0, 0.1) is 5.41 Å². The molecule has 45 heavy (non-hydrogen) atoms. The van der Waals surface area contributed by atoms with Crippen LogP contribution in [0.15, 0.2) is 59.1 Å². The molecule has 1 aliphatic heterocycles. The SMILES string of the molecule is CCCCCCCCCCCCCCOc1ccc(CN(C(C)=O)c2cccc(CC3(C)C=C(C)C=NC3)c2)cc1C(C)(C)C. The molecule has 1 heterocycles. The number of amides is 1. The average molecular weight is 615 g/mol. The van der Waals surface area contributed by atoms with Gasteiger partial charge in [-0.05, 0) is 71.7 Å². The fourth-order valence-corrected chi connectivity index (χ4v) is 6.52. The minimum Gasteiger partial charge on any atom is -0.493 e. The number of unbranched alkanes of at least 4 members (excludes halogenated alkanes) is 11. The number of ether oxygens (including phenoxy) is 1. The van der Waals surface area contributed by atoms with Crippen LogP contribution in [0.1, 0.15) is 142 Å². The Kier molecular flexibility index (Phi) is 14.9. The number of dihydropyridines is 1. The first-order chi connectivity index (χ1) is 21.5. The number of carbonyl (C=O) groups is 1. The van der Waals surface area contributed by atoms with Gasteiger partial charge in [-0.1, -0.05) is 130 Å². The molecule has 0 saturated carbocycles. The van der Waals surface area contributed by atoms with Gasteiger partial charge in [0.2, 0.25) is 5.91 Å². The Morgan fingerprint density at radius 3 is 2.13 bits per heavy atom. The summed E-state index contributed by atoms with van der Waals surface area (Å²) < 4.78 is 6.36. The lowest BCUT2D eigenvalue weighted by molar-refractivity contribution is -0.116. The van der Waals surface area contributed by atoms with E-state index in [1.807, 2.05) is 17.2 Å². The third-order valence-corrected chi connectivity index (χ3v) is 8.98. The first kappa shape index (κ1) is 36.6. The summed E-state index contributed by atoms with van der Waals surface area (Å²) in [5.74, 6) is 1.01. The van der Waals surface area contributed by atoms with Gasteiger partial charge in [0.1, 0.15) is 5.75 Å². The van der Waals surface area contributed by atoms with E-state index in [2.05, 4.69) is 89.0 Å². The normalized spacial score (nSPS) is 16.5. The molecule has 0 fully saturated rings. The fourth-order valence-electron chi connectivity index (χ4n) is 6.52. The van der Waals surface area contributed by atoms with Crippen LogP contribution in [0.25, 0.3) is 0 Å². The molecule has 0 saturated heterocycles. The Balaban J connectivity index is 1.55. The number of anilines is 1. The quantitative estimate of drug-likeness (QED) is 0.148. The summed E-state index contributed by atoms with van der Waals surface area (Å²) in [6.07, 6.45) is 21.3. The number of benzene rings is 2. The van der Waals surface area contributed by atoms with Gasteiger partial charge in [-0.15, -0.1) is 0 Å². The van der Waals surface area contributed by atoms with Crippen LogP contribution in [-0.4, -0.2) is 25.3 Å². The highest BCUT2D eigenvalue weighted by molar-refractivity contribution is 5.91. The van der Waals surface area contributed by atoms with Crippen molar-refractivity contribution >= 4 is 17.8 Å². The van der Waals surface area contributed by atoms with Crippen LogP contribution in [0.5, 0.6) is 5.75 Å². The number of aliphatic imine (C=N–C) groups is 1. The molecule has 4 heteroatoms. The molecule has 1 atom stereocenters. The molecule has 0 N–H and O–H groups in total. The van der Waals surface area contributed by atoms with Gasteiger partial charge >= 0.3 is 0 Å².